The Hall–Kier alpha value is -2.68. The Kier molecular flexibility index (Phi) is 10.2. The Labute approximate surface area is 259 Å². The molecule has 0 saturated carbocycles. The first-order chi connectivity index (χ1) is 19.3. The minimum absolute atomic E-state index is 0. The van der Waals surface area contributed by atoms with E-state index in [4.69, 9.17) is 0 Å². The molecule has 0 aromatic heterocycles. The van der Waals surface area contributed by atoms with Gasteiger partial charge in [0, 0.05) is 11.8 Å². The summed E-state index contributed by atoms with van der Waals surface area (Å²) in [7, 11) is -5.01. The van der Waals surface area contributed by atoms with E-state index in [-0.39, 0.29) is 52.5 Å². The molecule has 1 N–H and O–H groups in total. The number of nitrogens with zero attached hydrogens (tertiary/aromatic N) is 2. The van der Waals surface area contributed by atoms with Gasteiger partial charge in [-0.15, -0.1) is 0 Å². The number of hydrogen-bond donors (Lipinski definition) is 1. The Bertz CT molecular complexity index is 1660. The molecule has 0 saturated heterocycles. The van der Waals surface area contributed by atoms with Gasteiger partial charge in [0.15, 0.2) is 0 Å². The van der Waals surface area contributed by atoms with Crippen LogP contribution in [0.4, 0.5) is 68.5 Å². The van der Waals surface area contributed by atoms with E-state index in [2.05, 4.69) is 10.2 Å². The molecule has 3 aromatic carbocycles. The van der Waals surface area contributed by atoms with Crippen molar-refractivity contribution in [2.75, 3.05) is 0 Å². The van der Waals surface area contributed by atoms with Crippen LogP contribution in [0.15, 0.2) is 69.7 Å². The van der Waals surface area contributed by atoms with Gasteiger partial charge in [0.25, 0.3) is 10.1 Å². The summed E-state index contributed by atoms with van der Waals surface area (Å²) < 4.78 is 209. The minimum atomic E-state index is -7.83. The van der Waals surface area contributed by atoms with Crippen LogP contribution in [0.3, 0.4) is 0 Å². The van der Waals surface area contributed by atoms with E-state index in [1.807, 2.05) is 0 Å². The van der Waals surface area contributed by atoms with Crippen LogP contribution in [-0.2, 0) is 16.5 Å². The summed E-state index contributed by atoms with van der Waals surface area (Å²) >= 11 is 0. The average molecular weight is 682 g/mol. The number of azo groups is 1. The summed E-state index contributed by atoms with van der Waals surface area (Å²) in [6.45, 7) is 0. The van der Waals surface area contributed by atoms with Gasteiger partial charge in [-0.1, -0.05) is 42.1 Å². The van der Waals surface area contributed by atoms with Crippen molar-refractivity contribution in [1.29, 1.82) is 0 Å². The molecule has 0 aliphatic rings. The number of hydrogen-bond acceptors (Lipinski definition) is 5. The Morgan fingerprint density at radius 3 is 1.68 bits per heavy atom. The minimum Gasteiger partial charge on any atom is -0.871 e. The molecule has 21 heteroatoms. The SMILES string of the molecule is O=S(=O)(O)c1cc(N=Nc2cccc(CC(C(F)(F)F)(C(F)(F)F)C(F)(F)C(F)(F)C(F)(F)F)c2)c([O-])c2ccccc12.[Na+]. The standard InChI is InChI=1S/C23H13F13N2O4S.Na/c24-19(25,20(26,27)23(34,35)36)18(21(28,29)30,22(31,32)33)10-11-4-3-5-12(8-11)37-38-15-9-16(43(40,41)42)13-6-1-2-7-14(13)17(15)39;/h1-9,39H,10H2,(H,40,41,42);/q;+1/p-1. The van der Waals surface area contributed by atoms with Crippen LogP contribution >= 0.6 is 0 Å². The molecule has 0 radical (unpaired) electrons. The van der Waals surface area contributed by atoms with Gasteiger partial charge in [-0.3, -0.25) is 4.55 Å². The van der Waals surface area contributed by atoms with E-state index in [0.29, 0.717) is 12.1 Å². The van der Waals surface area contributed by atoms with Gasteiger partial charge in [0.2, 0.25) is 5.41 Å². The van der Waals surface area contributed by atoms with Crippen molar-refractivity contribution < 1.29 is 105 Å². The molecule has 0 aliphatic heterocycles. The molecular formula is C23H12F13N2NaO4S. The fourth-order valence-electron chi connectivity index (χ4n) is 4.01. The Balaban J connectivity index is 0.00000675. The zero-order valence-electron chi connectivity index (χ0n) is 21.3. The second-order valence-electron chi connectivity index (χ2n) is 8.84. The quantitative estimate of drug-likeness (QED) is 0.163. The molecule has 236 valence electrons. The fraction of sp³-hybridized carbons (Fsp3) is 0.304. The van der Waals surface area contributed by atoms with Crippen LogP contribution in [-0.4, -0.2) is 43.3 Å². The molecule has 6 nitrogen and oxygen atoms in total. The van der Waals surface area contributed by atoms with Crippen molar-refractivity contribution in [1.82, 2.24) is 0 Å². The van der Waals surface area contributed by atoms with Gasteiger partial charge in [0.05, 0.1) is 11.4 Å². The molecule has 3 rings (SSSR count). The third-order valence-corrected chi connectivity index (χ3v) is 7.02. The van der Waals surface area contributed by atoms with E-state index in [1.165, 1.54) is 12.1 Å². The third kappa shape index (κ3) is 6.35. The summed E-state index contributed by atoms with van der Waals surface area (Å²) in [5.74, 6) is -16.7. The van der Waals surface area contributed by atoms with Crippen LogP contribution in [0.25, 0.3) is 10.8 Å². The van der Waals surface area contributed by atoms with Gasteiger partial charge >= 0.3 is 59.9 Å². The van der Waals surface area contributed by atoms with Crippen molar-refractivity contribution in [3.63, 3.8) is 0 Å². The molecule has 0 heterocycles. The summed E-state index contributed by atoms with van der Waals surface area (Å²) in [5.41, 5.74) is -10.2. The van der Waals surface area contributed by atoms with Gasteiger partial charge in [0.1, 0.15) is 4.90 Å². The normalized spacial score (nSPS) is 14.2. The Morgan fingerprint density at radius 1 is 0.682 bits per heavy atom. The van der Waals surface area contributed by atoms with E-state index < -0.39 is 79.9 Å². The van der Waals surface area contributed by atoms with E-state index in [9.17, 15) is 75.2 Å². The zero-order chi connectivity index (χ0) is 33.0. The topological polar surface area (TPSA) is 102 Å². The van der Waals surface area contributed by atoms with E-state index in [0.717, 1.165) is 18.2 Å². The maximum atomic E-state index is 14.4. The molecule has 0 bridgehead atoms. The molecule has 0 spiro atoms. The smallest absolute Gasteiger partial charge is 0.871 e. The molecular weight excluding hydrogens is 670 g/mol. The second kappa shape index (κ2) is 11.9. The number of fused-ring (bicyclic) bond motifs is 1. The largest absolute Gasteiger partial charge is 1.00 e. The molecule has 0 unspecified atom stereocenters. The fourth-order valence-corrected chi connectivity index (χ4v) is 4.73. The summed E-state index contributed by atoms with van der Waals surface area (Å²) in [6.07, 6.45) is -25.6. The first kappa shape index (κ1) is 37.5. The van der Waals surface area contributed by atoms with Crippen molar-refractivity contribution in [2.45, 2.75) is 41.7 Å². The van der Waals surface area contributed by atoms with Crippen LogP contribution in [0.5, 0.6) is 5.75 Å². The van der Waals surface area contributed by atoms with Crippen molar-refractivity contribution in [3.05, 3.63) is 60.2 Å². The maximum Gasteiger partial charge on any atom is 1.00 e. The zero-order valence-corrected chi connectivity index (χ0v) is 24.1. The van der Waals surface area contributed by atoms with Gasteiger partial charge in [-0.05, 0) is 29.1 Å². The third-order valence-electron chi connectivity index (χ3n) is 6.12. The van der Waals surface area contributed by atoms with E-state index >= 15 is 0 Å². The number of alkyl halides is 13. The van der Waals surface area contributed by atoms with Gasteiger partial charge in [-0.25, -0.2) is 0 Å². The van der Waals surface area contributed by atoms with Crippen molar-refractivity contribution in [3.8, 4) is 5.75 Å². The number of benzene rings is 3. The summed E-state index contributed by atoms with van der Waals surface area (Å²) in [6, 6.07) is 6.99. The van der Waals surface area contributed by atoms with Crippen LogP contribution < -0.4 is 34.7 Å². The molecule has 0 amide bonds. The van der Waals surface area contributed by atoms with Gasteiger partial charge in [-0.2, -0.15) is 75.7 Å². The first-order valence-corrected chi connectivity index (χ1v) is 12.4. The van der Waals surface area contributed by atoms with E-state index in [1.54, 1.807) is 0 Å². The van der Waals surface area contributed by atoms with Crippen molar-refractivity contribution in [2.24, 2.45) is 15.6 Å². The predicted molar refractivity (Wildman–Crippen MR) is 118 cm³/mol. The Morgan fingerprint density at radius 2 is 1.20 bits per heavy atom. The maximum absolute atomic E-state index is 14.4. The molecule has 3 aromatic rings. The molecule has 0 fully saturated rings. The predicted octanol–water partition coefficient (Wildman–Crippen LogP) is 5.07. The van der Waals surface area contributed by atoms with Crippen LogP contribution in [0.2, 0.25) is 0 Å². The number of halogens is 13. The van der Waals surface area contributed by atoms with Crippen LogP contribution in [0.1, 0.15) is 5.56 Å². The molecule has 44 heavy (non-hydrogen) atoms. The molecule has 0 aliphatic carbocycles. The average Bonchev–Trinajstić information content (AvgIpc) is 2.84. The van der Waals surface area contributed by atoms with Crippen LogP contribution in [0, 0.1) is 5.41 Å². The van der Waals surface area contributed by atoms with Gasteiger partial charge < -0.3 is 5.11 Å². The summed E-state index contributed by atoms with van der Waals surface area (Å²) in [4.78, 5) is -0.863. The molecule has 0 atom stereocenters. The second-order valence-corrected chi connectivity index (χ2v) is 10.2. The summed E-state index contributed by atoms with van der Waals surface area (Å²) in [5, 5.41) is 18.7. The van der Waals surface area contributed by atoms with Crippen molar-refractivity contribution >= 4 is 32.3 Å². The monoisotopic (exact) mass is 682 g/mol. The number of rotatable bonds is 7. The first-order valence-electron chi connectivity index (χ1n) is 11.0.